The van der Waals surface area contributed by atoms with E-state index in [-0.39, 0.29) is 17.5 Å². The van der Waals surface area contributed by atoms with E-state index < -0.39 is 11.1 Å². The molecule has 1 fully saturated rings. The number of anilines is 3. The van der Waals surface area contributed by atoms with Crippen molar-refractivity contribution >= 4 is 52.7 Å². The minimum atomic E-state index is -0.487. The monoisotopic (exact) mass is 501 g/mol. The molecule has 0 bridgehead atoms. The van der Waals surface area contributed by atoms with E-state index in [9.17, 15) is 9.59 Å². The molecule has 0 spiro atoms. The number of methoxy groups -OCH3 is 1. The third-order valence-corrected chi connectivity index (χ3v) is 5.70. The second kappa shape index (κ2) is 10.9. The maximum absolute atomic E-state index is 13.1. The Morgan fingerprint density at radius 1 is 1.08 bits per heavy atom. The number of nitrogens with one attached hydrogen (secondary N) is 3. The van der Waals surface area contributed by atoms with E-state index in [1.807, 2.05) is 41.7 Å². The number of hydrogen-bond donors (Lipinski definition) is 3. The standard InChI is InChI=1S/C22H30B3N9O3/c1-33-12-26-19(32-33)13-7-6-8-14(18(13)37-2)27-15-11-16(28-21(36)34-9-4-3-5-10-34)30-31-17(15)20(35)29-22(23,24)25/h6-8,11-12H,3-5,9-10,23-25H2,1-2H3,(H,29,35)(H2,27,28,30,36). The molecule has 0 unspecified atom stereocenters. The zero-order valence-corrected chi connectivity index (χ0v) is 21.8. The maximum Gasteiger partial charge on any atom is 0.323 e. The quantitative estimate of drug-likeness (QED) is 0.361. The molecular formula is C22H30B3N9O3. The average Bonchev–Trinajstić information content (AvgIpc) is 3.29. The lowest BCUT2D eigenvalue weighted by Crippen LogP contribution is -2.50. The fourth-order valence-electron chi connectivity index (χ4n) is 4.04. The van der Waals surface area contributed by atoms with Crippen LogP contribution in [0.5, 0.6) is 5.75 Å². The Balaban J connectivity index is 1.69. The van der Waals surface area contributed by atoms with Gasteiger partial charge in [-0.2, -0.15) is 5.10 Å². The van der Waals surface area contributed by atoms with Crippen LogP contribution in [0.2, 0.25) is 0 Å². The molecule has 1 saturated heterocycles. The average molecular weight is 501 g/mol. The van der Waals surface area contributed by atoms with Crippen LogP contribution in [-0.4, -0.2) is 90.8 Å². The van der Waals surface area contributed by atoms with Crippen molar-refractivity contribution in [2.75, 3.05) is 30.8 Å². The first-order valence-electron chi connectivity index (χ1n) is 12.2. The number of hydrogen-bond acceptors (Lipinski definition) is 8. The highest BCUT2D eigenvalue weighted by atomic mass is 16.5. The van der Waals surface area contributed by atoms with Crippen molar-refractivity contribution in [2.45, 2.75) is 24.5 Å². The lowest BCUT2D eigenvalue weighted by molar-refractivity contribution is 0.0947. The van der Waals surface area contributed by atoms with Crippen LogP contribution in [0.3, 0.4) is 0 Å². The second-order valence-electron chi connectivity index (χ2n) is 9.93. The lowest BCUT2D eigenvalue weighted by atomic mass is 9.49. The number of aryl methyl sites for hydroxylation is 1. The largest absolute Gasteiger partial charge is 0.494 e. The lowest BCUT2D eigenvalue weighted by Gasteiger charge is -2.26. The van der Waals surface area contributed by atoms with Gasteiger partial charge in [-0.1, -0.05) is 6.07 Å². The van der Waals surface area contributed by atoms with Crippen LogP contribution < -0.4 is 20.7 Å². The molecule has 3 amide bonds. The molecule has 4 rings (SSSR count). The van der Waals surface area contributed by atoms with Gasteiger partial charge in [-0.3, -0.25) is 14.8 Å². The molecule has 3 N–H and O–H groups in total. The Bertz CT molecular complexity index is 1290. The maximum atomic E-state index is 13.1. The third-order valence-electron chi connectivity index (χ3n) is 5.70. The Morgan fingerprint density at radius 2 is 1.84 bits per heavy atom. The first-order chi connectivity index (χ1) is 17.6. The van der Waals surface area contributed by atoms with E-state index in [1.165, 1.54) is 0 Å². The summed E-state index contributed by atoms with van der Waals surface area (Å²) in [5.74, 6) is 0.812. The van der Waals surface area contributed by atoms with Gasteiger partial charge in [-0.05, 0) is 36.6 Å². The molecule has 0 atom stereocenters. The molecule has 0 radical (unpaired) electrons. The molecule has 1 aliphatic heterocycles. The summed E-state index contributed by atoms with van der Waals surface area (Å²) < 4.78 is 7.31. The van der Waals surface area contributed by atoms with E-state index in [4.69, 9.17) is 4.74 Å². The summed E-state index contributed by atoms with van der Waals surface area (Å²) in [7, 11) is 8.98. The number of benzene rings is 1. The minimum Gasteiger partial charge on any atom is -0.494 e. The fourth-order valence-corrected chi connectivity index (χ4v) is 4.04. The van der Waals surface area contributed by atoms with Gasteiger partial charge in [0.2, 0.25) is 0 Å². The van der Waals surface area contributed by atoms with Crippen LogP contribution in [0.15, 0.2) is 30.6 Å². The van der Waals surface area contributed by atoms with Crippen molar-refractivity contribution in [1.29, 1.82) is 0 Å². The smallest absolute Gasteiger partial charge is 0.323 e. The number of carbonyl (C=O) groups excluding carboxylic acids is 2. The van der Waals surface area contributed by atoms with E-state index in [2.05, 4.69) is 36.2 Å². The van der Waals surface area contributed by atoms with Gasteiger partial charge in [-0.15, -0.1) is 10.2 Å². The van der Waals surface area contributed by atoms with Crippen LogP contribution in [0, 0.1) is 0 Å². The number of amides is 3. The van der Waals surface area contributed by atoms with Gasteiger partial charge in [0, 0.05) is 26.2 Å². The molecule has 0 saturated carbocycles. The van der Waals surface area contributed by atoms with Gasteiger partial charge in [0.05, 0.1) is 24.0 Å². The molecule has 37 heavy (non-hydrogen) atoms. The van der Waals surface area contributed by atoms with Gasteiger partial charge in [0.25, 0.3) is 5.91 Å². The van der Waals surface area contributed by atoms with E-state index >= 15 is 0 Å². The number of ether oxygens (including phenoxy) is 1. The van der Waals surface area contributed by atoms with Gasteiger partial charge >= 0.3 is 6.03 Å². The van der Waals surface area contributed by atoms with E-state index in [0.717, 1.165) is 19.3 Å². The first kappa shape index (κ1) is 26.0. The van der Waals surface area contributed by atoms with Crippen LogP contribution in [0.4, 0.5) is 22.0 Å². The minimum absolute atomic E-state index is 0.0781. The van der Waals surface area contributed by atoms with Gasteiger partial charge in [0.15, 0.2) is 23.1 Å². The Labute approximate surface area is 218 Å². The number of nitrogens with zero attached hydrogens (tertiary/aromatic N) is 6. The number of carbonyl (C=O) groups is 2. The topological polar surface area (TPSA) is 139 Å². The van der Waals surface area contributed by atoms with Crippen LogP contribution in [-0.2, 0) is 7.05 Å². The fraction of sp³-hybridized carbons (Fsp3) is 0.364. The zero-order valence-electron chi connectivity index (χ0n) is 21.8. The normalized spacial score (nSPS) is 13.6. The Morgan fingerprint density at radius 3 is 2.49 bits per heavy atom. The molecule has 0 aliphatic carbocycles. The summed E-state index contributed by atoms with van der Waals surface area (Å²) >= 11 is 0. The van der Waals surface area contributed by atoms with Crippen molar-refractivity contribution in [3.63, 3.8) is 0 Å². The molecule has 1 aliphatic rings. The van der Waals surface area contributed by atoms with Gasteiger partial charge in [-0.25, -0.2) is 9.78 Å². The predicted octanol–water partition coefficient (Wildman–Crippen LogP) is -0.717. The number of piperidine rings is 1. The number of aromatic nitrogens is 5. The summed E-state index contributed by atoms with van der Waals surface area (Å²) in [5, 5.41) is 21.1. The predicted molar refractivity (Wildman–Crippen MR) is 149 cm³/mol. The van der Waals surface area contributed by atoms with E-state index in [0.29, 0.717) is 41.6 Å². The van der Waals surface area contributed by atoms with Crippen molar-refractivity contribution < 1.29 is 14.3 Å². The van der Waals surface area contributed by atoms with Crippen molar-refractivity contribution in [3.05, 3.63) is 36.3 Å². The molecule has 3 heterocycles. The molecular weight excluding hydrogens is 471 g/mol. The highest BCUT2D eigenvalue weighted by Crippen LogP contribution is 2.37. The Hall–Kier alpha value is -4.03. The summed E-state index contributed by atoms with van der Waals surface area (Å²) in [6.07, 6.45) is 4.66. The van der Waals surface area contributed by atoms with Crippen LogP contribution >= 0.6 is 0 Å². The second-order valence-corrected chi connectivity index (χ2v) is 9.93. The molecule has 12 nitrogen and oxygen atoms in total. The van der Waals surface area contributed by atoms with Crippen molar-refractivity contribution in [2.24, 2.45) is 7.05 Å². The van der Waals surface area contributed by atoms with Crippen molar-refractivity contribution in [1.82, 2.24) is 35.2 Å². The van der Waals surface area contributed by atoms with Crippen LogP contribution in [0.25, 0.3) is 11.4 Å². The van der Waals surface area contributed by atoms with Gasteiger partial charge in [0.1, 0.15) is 29.9 Å². The summed E-state index contributed by atoms with van der Waals surface area (Å²) in [4.78, 5) is 31.9. The van der Waals surface area contributed by atoms with Gasteiger partial charge < -0.3 is 20.3 Å². The molecule has 2 aromatic heterocycles. The molecule has 15 heteroatoms. The number of rotatable bonds is 7. The van der Waals surface area contributed by atoms with Crippen molar-refractivity contribution in [3.8, 4) is 17.1 Å². The Kier molecular flexibility index (Phi) is 7.70. The third kappa shape index (κ3) is 6.40. The highest BCUT2D eigenvalue weighted by molar-refractivity contribution is 6.60. The molecule has 3 aromatic rings. The number of likely N-dealkylation sites (tertiary alicyclic amines) is 1. The number of para-hydroxylation sites is 1. The van der Waals surface area contributed by atoms with Crippen LogP contribution in [0.1, 0.15) is 29.8 Å². The first-order valence-corrected chi connectivity index (χ1v) is 12.2. The summed E-state index contributed by atoms with van der Waals surface area (Å²) in [6, 6.07) is 6.84. The summed E-state index contributed by atoms with van der Waals surface area (Å²) in [6.45, 7) is 1.39. The zero-order chi connectivity index (χ0) is 26.6. The summed E-state index contributed by atoms with van der Waals surface area (Å²) in [5.41, 5.74) is 1.68. The number of urea groups is 1. The highest BCUT2D eigenvalue weighted by Gasteiger charge is 2.24. The molecule has 1 aromatic carbocycles. The van der Waals surface area contributed by atoms with E-state index in [1.54, 1.807) is 36.1 Å². The SMILES string of the molecule is BC(B)(B)NC(=O)c1nnc(NC(=O)N2CCCCC2)cc1Nc1cccc(-c2ncn(C)n2)c1OC. The molecule has 190 valence electrons.